The van der Waals surface area contributed by atoms with Crippen LogP contribution in [-0.4, -0.2) is 37.3 Å². The number of benzene rings is 1. The van der Waals surface area contributed by atoms with Crippen molar-refractivity contribution >= 4 is 5.69 Å². The van der Waals surface area contributed by atoms with Gasteiger partial charge in [-0.3, -0.25) is 10.1 Å². The van der Waals surface area contributed by atoms with Crippen molar-refractivity contribution < 1.29 is 18.8 Å². The summed E-state index contributed by atoms with van der Waals surface area (Å²) in [5, 5.41) is 13.9. The van der Waals surface area contributed by atoms with Crippen LogP contribution >= 0.6 is 0 Å². The smallest absolute Gasteiger partial charge is 0.275 e. The molecule has 1 aromatic carbocycles. The van der Waals surface area contributed by atoms with Gasteiger partial charge in [-0.2, -0.15) is 0 Å². The topological polar surface area (TPSA) is 73.6 Å². The summed E-state index contributed by atoms with van der Waals surface area (Å²) in [4.78, 5) is 10.2. The Bertz CT molecular complexity index is 449. The van der Waals surface area contributed by atoms with Gasteiger partial charge in [-0.15, -0.1) is 0 Å². The van der Waals surface area contributed by atoms with Crippen LogP contribution in [0.25, 0.3) is 0 Å². The first-order chi connectivity index (χ1) is 9.16. The summed E-state index contributed by atoms with van der Waals surface area (Å²) < 4.78 is 23.9. The molecule has 0 amide bonds. The van der Waals surface area contributed by atoms with Gasteiger partial charge in [0.25, 0.3) is 5.69 Å². The highest BCUT2D eigenvalue weighted by molar-refractivity contribution is 5.39. The summed E-state index contributed by atoms with van der Waals surface area (Å²) in [6.45, 7) is 2.43. The highest BCUT2D eigenvalue weighted by atomic mass is 19.1. The van der Waals surface area contributed by atoms with Crippen LogP contribution in [-0.2, 0) is 16.1 Å². The van der Waals surface area contributed by atoms with E-state index >= 15 is 0 Å². The number of rotatable bonds is 5. The molecule has 1 aliphatic rings. The molecule has 1 saturated heterocycles. The Morgan fingerprint density at radius 1 is 1.58 bits per heavy atom. The first-order valence-corrected chi connectivity index (χ1v) is 5.99. The molecule has 0 aliphatic carbocycles. The molecule has 1 fully saturated rings. The van der Waals surface area contributed by atoms with Crippen molar-refractivity contribution in [1.29, 1.82) is 0 Å². The van der Waals surface area contributed by atoms with Gasteiger partial charge in [0.15, 0.2) is 0 Å². The van der Waals surface area contributed by atoms with Crippen molar-refractivity contribution in [2.75, 3.05) is 26.3 Å². The zero-order chi connectivity index (χ0) is 13.7. The molecule has 1 unspecified atom stereocenters. The molecule has 104 valence electrons. The molecular weight excluding hydrogens is 255 g/mol. The second-order valence-electron chi connectivity index (χ2n) is 4.24. The molecule has 0 radical (unpaired) electrons. The third-order valence-electron chi connectivity index (χ3n) is 2.80. The first kappa shape index (κ1) is 13.9. The minimum absolute atomic E-state index is 0.00602. The Balaban J connectivity index is 1.91. The number of morpholine rings is 1. The van der Waals surface area contributed by atoms with E-state index in [0.29, 0.717) is 19.8 Å². The van der Waals surface area contributed by atoms with Crippen LogP contribution in [0.3, 0.4) is 0 Å². The highest BCUT2D eigenvalue weighted by Crippen LogP contribution is 2.20. The predicted molar refractivity (Wildman–Crippen MR) is 65.3 cm³/mol. The SMILES string of the molecule is O=[N+]([O-])c1ccc(F)cc1COCC1CNCCO1. The van der Waals surface area contributed by atoms with Gasteiger partial charge in [0, 0.05) is 19.2 Å². The molecule has 1 aromatic rings. The average Bonchev–Trinajstić information content (AvgIpc) is 2.39. The molecule has 1 N–H and O–H groups in total. The highest BCUT2D eigenvalue weighted by Gasteiger charge is 2.17. The third kappa shape index (κ3) is 3.95. The number of hydrogen-bond donors (Lipinski definition) is 1. The van der Waals surface area contributed by atoms with E-state index in [9.17, 15) is 14.5 Å². The molecule has 0 aromatic heterocycles. The maximum Gasteiger partial charge on any atom is 0.275 e. The summed E-state index contributed by atoms with van der Waals surface area (Å²) in [7, 11) is 0. The molecular formula is C12H15FN2O4. The number of nitro benzene ring substituents is 1. The number of hydrogen-bond acceptors (Lipinski definition) is 5. The van der Waals surface area contributed by atoms with Gasteiger partial charge in [0.1, 0.15) is 5.82 Å². The lowest BCUT2D eigenvalue weighted by Gasteiger charge is -2.23. The summed E-state index contributed by atoms with van der Waals surface area (Å²) in [5.74, 6) is -0.514. The fraction of sp³-hybridized carbons (Fsp3) is 0.500. The van der Waals surface area contributed by atoms with Crippen molar-refractivity contribution in [1.82, 2.24) is 5.32 Å². The van der Waals surface area contributed by atoms with Crippen molar-refractivity contribution in [3.05, 3.63) is 39.7 Å². The van der Waals surface area contributed by atoms with Crippen molar-refractivity contribution in [2.24, 2.45) is 0 Å². The summed E-state index contributed by atoms with van der Waals surface area (Å²) in [6, 6.07) is 3.33. The zero-order valence-electron chi connectivity index (χ0n) is 10.3. The van der Waals surface area contributed by atoms with Crippen LogP contribution in [0.4, 0.5) is 10.1 Å². The van der Waals surface area contributed by atoms with Gasteiger partial charge in [-0.1, -0.05) is 0 Å². The van der Waals surface area contributed by atoms with Crippen LogP contribution in [0, 0.1) is 15.9 Å². The van der Waals surface area contributed by atoms with Crippen molar-refractivity contribution in [3.8, 4) is 0 Å². The second-order valence-corrected chi connectivity index (χ2v) is 4.24. The lowest BCUT2D eigenvalue weighted by atomic mass is 10.2. The summed E-state index contributed by atoms with van der Waals surface area (Å²) in [6.07, 6.45) is -0.0682. The fourth-order valence-corrected chi connectivity index (χ4v) is 1.87. The van der Waals surface area contributed by atoms with Crippen LogP contribution in [0.5, 0.6) is 0 Å². The number of nitrogens with zero attached hydrogens (tertiary/aromatic N) is 1. The molecule has 7 heteroatoms. The Kier molecular flexibility index (Phi) is 4.78. The minimum Gasteiger partial charge on any atom is -0.374 e. The largest absolute Gasteiger partial charge is 0.374 e. The Hall–Kier alpha value is -1.57. The third-order valence-corrected chi connectivity index (χ3v) is 2.80. The monoisotopic (exact) mass is 270 g/mol. The maximum atomic E-state index is 13.1. The number of nitrogens with one attached hydrogen (secondary N) is 1. The molecule has 0 saturated carbocycles. The molecule has 1 atom stereocenters. The van der Waals surface area contributed by atoms with E-state index in [2.05, 4.69) is 5.32 Å². The average molecular weight is 270 g/mol. The Labute approximate surface area is 109 Å². The van der Waals surface area contributed by atoms with Crippen LogP contribution in [0.15, 0.2) is 18.2 Å². The maximum absolute atomic E-state index is 13.1. The minimum atomic E-state index is -0.545. The molecule has 0 spiro atoms. The molecule has 0 bridgehead atoms. The lowest BCUT2D eigenvalue weighted by Crippen LogP contribution is -2.40. The second kappa shape index (κ2) is 6.55. The van der Waals surface area contributed by atoms with Gasteiger partial charge in [-0.25, -0.2) is 4.39 Å². The number of ether oxygens (including phenoxy) is 2. The molecule has 2 rings (SSSR count). The Morgan fingerprint density at radius 2 is 2.42 bits per heavy atom. The molecule has 19 heavy (non-hydrogen) atoms. The first-order valence-electron chi connectivity index (χ1n) is 5.99. The van der Waals surface area contributed by atoms with E-state index in [4.69, 9.17) is 9.47 Å². The molecule has 1 heterocycles. The zero-order valence-corrected chi connectivity index (χ0v) is 10.3. The van der Waals surface area contributed by atoms with E-state index in [1.54, 1.807) is 0 Å². The van der Waals surface area contributed by atoms with E-state index < -0.39 is 10.7 Å². The van der Waals surface area contributed by atoms with Gasteiger partial charge >= 0.3 is 0 Å². The van der Waals surface area contributed by atoms with Crippen molar-refractivity contribution in [2.45, 2.75) is 12.7 Å². The van der Waals surface area contributed by atoms with Crippen molar-refractivity contribution in [3.63, 3.8) is 0 Å². The normalized spacial score (nSPS) is 19.3. The quantitative estimate of drug-likeness (QED) is 0.643. The van der Waals surface area contributed by atoms with Crippen LogP contribution < -0.4 is 5.32 Å². The molecule has 1 aliphatic heterocycles. The van der Waals surface area contributed by atoms with Gasteiger partial charge in [0.05, 0.1) is 36.4 Å². The number of nitro groups is 1. The van der Waals surface area contributed by atoms with Gasteiger partial charge in [0.2, 0.25) is 0 Å². The van der Waals surface area contributed by atoms with Crippen LogP contribution in [0.1, 0.15) is 5.56 Å². The predicted octanol–water partition coefficient (Wildman–Crippen LogP) is 1.24. The van der Waals surface area contributed by atoms with E-state index in [-0.39, 0.29) is 24.0 Å². The standard InChI is InChI=1S/C12H15FN2O4/c13-10-1-2-12(15(16)17)9(5-10)7-18-8-11-6-14-3-4-19-11/h1-2,5,11,14H,3-4,6-8H2. The van der Waals surface area contributed by atoms with Gasteiger partial charge < -0.3 is 14.8 Å². The molecule has 6 nitrogen and oxygen atoms in total. The van der Waals surface area contributed by atoms with E-state index in [0.717, 1.165) is 24.7 Å². The Morgan fingerprint density at radius 3 is 3.11 bits per heavy atom. The van der Waals surface area contributed by atoms with E-state index in [1.165, 1.54) is 0 Å². The number of halogens is 1. The van der Waals surface area contributed by atoms with Crippen LogP contribution in [0.2, 0.25) is 0 Å². The van der Waals surface area contributed by atoms with Gasteiger partial charge in [-0.05, 0) is 12.1 Å². The van der Waals surface area contributed by atoms with E-state index in [1.807, 2.05) is 0 Å². The fourth-order valence-electron chi connectivity index (χ4n) is 1.87. The summed E-state index contributed by atoms with van der Waals surface area (Å²) >= 11 is 0. The summed E-state index contributed by atoms with van der Waals surface area (Å²) in [5.41, 5.74) is 0.0952. The lowest BCUT2D eigenvalue weighted by molar-refractivity contribution is -0.386.